The number of piperidine rings is 1. The van der Waals surface area contributed by atoms with Crippen LogP contribution in [0.4, 0.5) is 5.13 Å². The summed E-state index contributed by atoms with van der Waals surface area (Å²) in [7, 11) is 0. The van der Waals surface area contributed by atoms with Crippen molar-refractivity contribution in [1.29, 1.82) is 0 Å². The third kappa shape index (κ3) is 4.22. The highest BCUT2D eigenvalue weighted by molar-refractivity contribution is 7.15. The van der Waals surface area contributed by atoms with Gasteiger partial charge in [0.25, 0.3) is 0 Å². The summed E-state index contributed by atoms with van der Waals surface area (Å²) >= 11 is 1.70. The maximum Gasteiger partial charge on any atom is 0.220 e. The summed E-state index contributed by atoms with van der Waals surface area (Å²) in [6.45, 7) is 8.49. The molecule has 1 aliphatic carbocycles. The lowest BCUT2D eigenvalue weighted by Gasteiger charge is -2.32. The molecule has 1 amide bonds. The summed E-state index contributed by atoms with van der Waals surface area (Å²) in [4.78, 5) is 14.4. The molecule has 0 spiro atoms. The lowest BCUT2D eigenvalue weighted by molar-refractivity contribution is -0.123. The van der Waals surface area contributed by atoms with Crippen LogP contribution in [0.15, 0.2) is 0 Å². The van der Waals surface area contributed by atoms with Crippen LogP contribution < -0.4 is 10.2 Å². The second kappa shape index (κ2) is 6.75. The zero-order valence-corrected chi connectivity index (χ0v) is 15.3. The summed E-state index contributed by atoms with van der Waals surface area (Å²) in [5.41, 5.74) is 0.0633. The Morgan fingerprint density at radius 2 is 1.91 bits per heavy atom. The largest absolute Gasteiger partial charge is 0.353 e. The number of hydrogen-bond donors (Lipinski definition) is 1. The zero-order valence-electron chi connectivity index (χ0n) is 14.5. The number of hydrogen-bond acceptors (Lipinski definition) is 5. The molecule has 1 saturated carbocycles. The number of aromatic nitrogens is 2. The Balaban J connectivity index is 1.46. The standard InChI is InChI=1S/C17H28N4OS/c1-17(2,3)15-19-20-16(23-15)21-9-7-12(8-10-21)11-14(22)18-13-5-4-6-13/h12-13H,4-11H2,1-3H3,(H,18,22). The Morgan fingerprint density at radius 1 is 1.22 bits per heavy atom. The normalized spacial score (nSPS) is 20.4. The molecule has 3 rings (SSSR count). The van der Waals surface area contributed by atoms with Gasteiger partial charge < -0.3 is 10.2 Å². The van der Waals surface area contributed by atoms with E-state index in [0.717, 1.165) is 48.9 Å². The van der Waals surface area contributed by atoms with E-state index in [2.05, 4.69) is 41.2 Å². The van der Waals surface area contributed by atoms with Crippen molar-refractivity contribution in [2.75, 3.05) is 18.0 Å². The van der Waals surface area contributed by atoms with E-state index < -0.39 is 0 Å². The van der Waals surface area contributed by atoms with Gasteiger partial charge in [0.15, 0.2) is 0 Å². The number of nitrogens with zero attached hydrogens (tertiary/aromatic N) is 3. The number of amides is 1. The molecule has 1 aromatic heterocycles. The van der Waals surface area contributed by atoms with E-state index in [4.69, 9.17) is 0 Å². The van der Waals surface area contributed by atoms with Gasteiger partial charge in [0.05, 0.1) is 0 Å². The van der Waals surface area contributed by atoms with Crippen molar-refractivity contribution >= 4 is 22.4 Å². The Bertz CT molecular complexity index is 539. The van der Waals surface area contributed by atoms with Crippen molar-refractivity contribution in [3.05, 3.63) is 5.01 Å². The molecule has 1 aliphatic heterocycles. The first-order valence-electron chi connectivity index (χ1n) is 8.80. The average molecular weight is 337 g/mol. The van der Waals surface area contributed by atoms with Gasteiger partial charge in [0.2, 0.25) is 11.0 Å². The molecule has 1 saturated heterocycles. The molecule has 5 nitrogen and oxygen atoms in total. The summed E-state index contributed by atoms with van der Waals surface area (Å²) in [6, 6.07) is 0.458. The lowest BCUT2D eigenvalue weighted by Crippen LogP contribution is -2.41. The van der Waals surface area contributed by atoms with E-state index in [0.29, 0.717) is 18.4 Å². The molecule has 0 bridgehead atoms. The molecule has 1 aromatic rings. The van der Waals surface area contributed by atoms with Gasteiger partial charge in [-0.1, -0.05) is 32.1 Å². The molecule has 23 heavy (non-hydrogen) atoms. The quantitative estimate of drug-likeness (QED) is 0.918. The minimum absolute atomic E-state index is 0.0633. The van der Waals surface area contributed by atoms with E-state index in [-0.39, 0.29) is 11.3 Å². The van der Waals surface area contributed by atoms with Crippen LogP contribution in [0.25, 0.3) is 0 Å². The van der Waals surface area contributed by atoms with E-state index in [1.165, 1.54) is 6.42 Å². The molecule has 0 unspecified atom stereocenters. The number of rotatable bonds is 4. The van der Waals surface area contributed by atoms with Crippen LogP contribution >= 0.6 is 11.3 Å². The van der Waals surface area contributed by atoms with Gasteiger partial charge in [-0.05, 0) is 38.0 Å². The van der Waals surface area contributed by atoms with E-state index in [1.54, 1.807) is 11.3 Å². The van der Waals surface area contributed by atoms with E-state index in [9.17, 15) is 4.79 Å². The molecule has 2 fully saturated rings. The van der Waals surface area contributed by atoms with Crippen LogP contribution in [0.1, 0.15) is 64.3 Å². The van der Waals surface area contributed by atoms with Crippen LogP contribution in [0.5, 0.6) is 0 Å². The highest BCUT2D eigenvalue weighted by Gasteiger charge is 2.27. The Kier molecular flexibility index (Phi) is 4.90. The first-order valence-corrected chi connectivity index (χ1v) is 9.62. The van der Waals surface area contributed by atoms with Gasteiger partial charge in [-0.2, -0.15) is 0 Å². The maximum atomic E-state index is 12.0. The number of anilines is 1. The molecule has 128 valence electrons. The second-order valence-corrected chi connectivity index (χ2v) is 8.93. The van der Waals surface area contributed by atoms with Crippen molar-refractivity contribution < 1.29 is 4.79 Å². The summed E-state index contributed by atoms with van der Waals surface area (Å²) in [5.74, 6) is 0.764. The predicted molar refractivity (Wildman–Crippen MR) is 93.9 cm³/mol. The maximum absolute atomic E-state index is 12.0. The molecule has 0 atom stereocenters. The van der Waals surface area contributed by atoms with E-state index >= 15 is 0 Å². The summed E-state index contributed by atoms with van der Waals surface area (Å²) < 4.78 is 0. The second-order valence-electron chi connectivity index (χ2n) is 7.97. The van der Waals surface area contributed by atoms with Gasteiger partial charge in [0.1, 0.15) is 5.01 Å². The van der Waals surface area contributed by atoms with Crippen molar-refractivity contribution in [3.8, 4) is 0 Å². The number of carbonyl (C=O) groups excluding carboxylic acids is 1. The monoisotopic (exact) mass is 336 g/mol. The van der Waals surface area contributed by atoms with E-state index in [1.807, 2.05) is 0 Å². The fourth-order valence-corrected chi connectivity index (χ4v) is 4.03. The lowest BCUT2D eigenvalue weighted by atomic mass is 9.91. The Hall–Kier alpha value is -1.17. The number of carbonyl (C=O) groups is 1. The summed E-state index contributed by atoms with van der Waals surface area (Å²) in [6.07, 6.45) is 6.43. The molecule has 2 aliphatic rings. The van der Waals surface area contributed by atoms with Gasteiger partial charge in [-0.3, -0.25) is 4.79 Å². The molecule has 1 N–H and O–H groups in total. The van der Waals surface area contributed by atoms with Crippen LogP contribution in [0, 0.1) is 5.92 Å². The van der Waals surface area contributed by atoms with Crippen molar-refractivity contribution in [3.63, 3.8) is 0 Å². The van der Waals surface area contributed by atoms with Crippen molar-refractivity contribution in [2.45, 2.75) is 70.8 Å². The molecule has 0 radical (unpaired) electrons. The minimum atomic E-state index is 0.0633. The fraction of sp³-hybridized carbons (Fsp3) is 0.824. The summed E-state index contributed by atoms with van der Waals surface area (Å²) in [5, 5.41) is 14.0. The third-order valence-electron chi connectivity index (χ3n) is 4.89. The van der Waals surface area contributed by atoms with Crippen LogP contribution in [0.2, 0.25) is 0 Å². The van der Waals surface area contributed by atoms with Gasteiger partial charge >= 0.3 is 0 Å². The third-order valence-corrected chi connectivity index (χ3v) is 6.30. The van der Waals surface area contributed by atoms with Crippen LogP contribution in [-0.2, 0) is 10.2 Å². The topological polar surface area (TPSA) is 58.1 Å². The van der Waals surface area contributed by atoms with Crippen LogP contribution in [0.3, 0.4) is 0 Å². The highest BCUT2D eigenvalue weighted by atomic mass is 32.1. The molecular formula is C17H28N4OS. The molecule has 6 heteroatoms. The van der Waals surface area contributed by atoms with Gasteiger partial charge in [-0.15, -0.1) is 10.2 Å². The average Bonchev–Trinajstić information content (AvgIpc) is 2.94. The first kappa shape index (κ1) is 16.7. The minimum Gasteiger partial charge on any atom is -0.353 e. The smallest absolute Gasteiger partial charge is 0.220 e. The van der Waals surface area contributed by atoms with Crippen LogP contribution in [-0.4, -0.2) is 35.2 Å². The first-order chi connectivity index (χ1) is 10.9. The molecule has 0 aromatic carbocycles. The van der Waals surface area contributed by atoms with Gasteiger partial charge in [0, 0.05) is 31.0 Å². The molecular weight excluding hydrogens is 308 g/mol. The van der Waals surface area contributed by atoms with Crippen molar-refractivity contribution in [1.82, 2.24) is 15.5 Å². The SMILES string of the molecule is CC(C)(C)c1nnc(N2CCC(CC(=O)NC3CCC3)CC2)s1. The fourth-order valence-electron chi connectivity index (χ4n) is 3.08. The Labute approximate surface area is 142 Å². The predicted octanol–water partition coefficient (Wildman–Crippen LogP) is 3.11. The number of nitrogens with one attached hydrogen (secondary N) is 1. The zero-order chi connectivity index (χ0) is 16.4. The highest BCUT2D eigenvalue weighted by Crippen LogP contribution is 2.32. The van der Waals surface area contributed by atoms with Crippen molar-refractivity contribution in [2.24, 2.45) is 5.92 Å². The Morgan fingerprint density at radius 3 is 2.43 bits per heavy atom. The molecule has 2 heterocycles. The van der Waals surface area contributed by atoms with Gasteiger partial charge in [-0.25, -0.2) is 0 Å².